The molecule has 0 amide bonds. The Bertz CT molecular complexity index is 457. The van der Waals surface area contributed by atoms with Gasteiger partial charge in [0.05, 0.1) is 6.42 Å². The molecule has 0 N–H and O–H groups in total. The molecule has 0 unspecified atom stereocenters. The lowest BCUT2D eigenvalue weighted by molar-refractivity contribution is -0.343. The second-order valence-electron chi connectivity index (χ2n) is 3.74. The van der Waals surface area contributed by atoms with Crippen molar-refractivity contribution in [2.75, 3.05) is 0 Å². The summed E-state index contributed by atoms with van der Waals surface area (Å²) in [4.78, 5) is 20.9. The highest BCUT2D eigenvalue weighted by molar-refractivity contribution is 6.05. The molecule has 0 aromatic heterocycles. The average molecular weight is 358 g/mol. The highest BCUT2D eigenvalue weighted by atomic mass is 19.4. The maximum atomic E-state index is 12.6. The van der Waals surface area contributed by atoms with Crippen LogP contribution >= 0.6 is 0 Å². The third-order valence-corrected chi connectivity index (χ3v) is 2.13. The number of carbonyl (C=O) groups excluding carboxylic acids is 2. The fourth-order valence-electron chi connectivity index (χ4n) is 0.879. The van der Waals surface area contributed by atoms with E-state index in [0.29, 0.717) is 0 Å². The summed E-state index contributed by atoms with van der Waals surface area (Å²) in [6.07, 6.45) is -16.8. The van der Waals surface area contributed by atoms with Crippen LogP contribution in [0, 0.1) is 0 Å². The normalized spacial score (nSPS) is 14.9. The molecular weight excluding hydrogens is 356 g/mol. The van der Waals surface area contributed by atoms with Crippen molar-refractivity contribution in [3.63, 3.8) is 0 Å². The van der Waals surface area contributed by atoms with Gasteiger partial charge < -0.3 is 0 Å². The topological polar surface area (TPSA) is 34.1 Å². The third-order valence-electron chi connectivity index (χ3n) is 2.13. The molecule has 0 aliphatic heterocycles. The molecule has 0 spiro atoms. The van der Waals surface area contributed by atoms with Crippen LogP contribution in [0.25, 0.3) is 0 Å². The minimum atomic E-state index is -7.06. The lowest BCUT2D eigenvalue weighted by Crippen LogP contribution is -2.57. The molecule has 0 aliphatic rings. The summed E-state index contributed by atoms with van der Waals surface area (Å²) in [5.74, 6) is -27.5. The molecule has 0 saturated carbocycles. The molecule has 0 aliphatic carbocycles. The first-order chi connectivity index (χ1) is 9.30. The average Bonchev–Trinajstić information content (AvgIpc) is 2.25. The lowest BCUT2D eigenvalue weighted by atomic mass is 9.99. The van der Waals surface area contributed by atoms with Crippen molar-refractivity contribution in [1.82, 2.24) is 0 Å². The molecule has 2 nitrogen and oxygen atoms in total. The van der Waals surface area contributed by atoms with Crippen LogP contribution in [0.4, 0.5) is 52.7 Å². The third kappa shape index (κ3) is 3.29. The Balaban J connectivity index is 5.44. The summed E-state index contributed by atoms with van der Waals surface area (Å²) in [6.45, 7) is 0. The number of alkyl halides is 12. The van der Waals surface area contributed by atoms with Crippen molar-refractivity contribution in [1.29, 1.82) is 0 Å². The smallest absolute Gasteiger partial charge is 0.292 e. The number of ketones is 2. The molecule has 0 aromatic rings. The largest absolute Gasteiger partial charge is 0.461 e. The van der Waals surface area contributed by atoms with Gasteiger partial charge in [0.1, 0.15) is 0 Å². The van der Waals surface area contributed by atoms with E-state index in [1.165, 1.54) is 0 Å². The second kappa shape index (κ2) is 5.30. The Morgan fingerprint density at radius 1 is 0.545 bits per heavy atom. The highest BCUT2D eigenvalue weighted by Crippen LogP contribution is 2.47. The first-order valence-electron chi connectivity index (χ1n) is 4.63. The summed E-state index contributed by atoms with van der Waals surface area (Å²) < 4.78 is 144. The summed E-state index contributed by atoms with van der Waals surface area (Å²) in [6, 6.07) is 0. The van der Waals surface area contributed by atoms with Gasteiger partial charge >= 0.3 is 30.1 Å². The number of carbonyl (C=O) groups is 2. The van der Waals surface area contributed by atoms with Crippen LogP contribution in [0.3, 0.4) is 0 Å². The van der Waals surface area contributed by atoms with Gasteiger partial charge in [-0.25, -0.2) is 0 Å². The quantitative estimate of drug-likeness (QED) is 0.557. The molecule has 0 fully saturated rings. The van der Waals surface area contributed by atoms with E-state index in [4.69, 9.17) is 0 Å². The van der Waals surface area contributed by atoms with Crippen LogP contribution in [-0.4, -0.2) is 41.7 Å². The zero-order valence-electron chi connectivity index (χ0n) is 9.56. The van der Waals surface area contributed by atoms with E-state index in [1.807, 2.05) is 0 Å². The molecule has 14 heteroatoms. The molecule has 0 atom stereocenters. The number of hydrogen-bond donors (Lipinski definition) is 0. The van der Waals surface area contributed by atoms with Gasteiger partial charge in [0.15, 0.2) is 0 Å². The minimum absolute atomic E-state index is 3.18. The fourth-order valence-corrected chi connectivity index (χ4v) is 0.879. The van der Waals surface area contributed by atoms with Crippen molar-refractivity contribution in [3.05, 3.63) is 0 Å². The van der Waals surface area contributed by atoms with E-state index < -0.39 is 48.1 Å². The van der Waals surface area contributed by atoms with Crippen LogP contribution < -0.4 is 0 Å². The van der Waals surface area contributed by atoms with Gasteiger partial charge in [0.25, 0.3) is 0 Å². The van der Waals surface area contributed by atoms with Gasteiger partial charge in [-0.15, -0.1) is 0 Å². The Morgan fingerprint density at radius 3 is 1.14 bits per heavy atom. The predicted octanol–water partition coefficient (Wildman–Crippen LogP) is 3.55. The minimum Gasteiger partial charge on any atom is -0.292 e. The second-order valence-corrected chi connectivity index (χ2v) is 3.74. The highest BCUT2D eigenvalue weighted by Gasteiger charge is 2.76. The van der Waals surface area contributed by atoms with Crippen LogP contribution in [0.1, 0.15) is 6.42 Å². The standard InChI is InChI=1S/C8H2F12O2/c9-4(10,6(13,14)8(18,19)20)2(21)1-3(22)5(11,12)7(15,16)17/h1H2. The Morgan fingerprint density at radius 2 is 0.864 bits per heavy atom. The summed E-state index contributed by atoms with van der Waals surface area (Å²) in [5.41, 5.74) is 0. The molecular formula is C8H2F12O2. The van der Waals surface area contributed by atoms with E-state index in [0.717, 1.165) is 0 Å². The predicted molar refractivity (Wildman–Crippen MR) is 41.6 cm³/mol. The van der Waals surface area contributed by atoms with E-state index in [1.54, 1.807) is 0 Å². The SMILES string of the molecule is O=C(CC(=O)C(F)(F)C(F)(F)C(F)(F)F)C(F)(F)C(F)(F)F. The first-order valence-corrected chi connectivity index (χ1v) is 4.63. The van der Waals surface area contributed by atoms with Gasteiger partial charge in [-0.2, -0.15) is 52.7 Å². The number of rotatable bonds is 5. The van der Waals surface area contributed by atoms with Crippen LogP contribution in [0.5, 0.6) is 0 Å². The zero-order valence-corrected chi connectivity index (χ0v) is 9.56. The molecule has 0 heterocycles. The van der Waals surface area contributed by atoms with Crippen LogP contribution in [0.15, 0.2) is 0 Å². The van der Waals surface area contributed by atoms with Crippen molar-refractivity contribution < 1.29 is 62.3 Å². The van der Waals surface area contributed by atoms with Gasteiger partial charge in [-0.05, 0) is 0 Å². The van der Waals surface area contributed by atoms with Gasteiger partial charge in [0, 0.05) is 0 Å². The lowest BCUT2D eigenvalue weighted by Gasteiger charge is -2.27. The van der Waals surface area contributed by atoms with Crippen molar-refractivity contribution in [2.45, 2.75) is 36.5 Å². The number of Topliss-reactive ketones (excluding diaryl/α,β-unsaturated/α-hetero) is 2. The molecule has 0 aromatic carbocycles. The van der Waals surface area contributed by atoms with Crippen molar-refractivity contribution in [3.8, 4) is 0 Å². The van der Waals surface area contributed by atoms with E-state index in [9.17, 15) is 62.3 Å². The summed E-state index contributed by atoms with van der Waals surface area (Å²) in [7, 11) is 0. The van der Waals surface area contributed by atoms with E-state index in [2.05, 4.69) is 0 Å². The maximum Gasteiger partial charge on any atom is 0.461 e. The van der Waals surface area contributed by atoms with Gasteiger partial charge in [-0.3, -0.25) is 9.59 Å². The van der Waals surface area contributed by atoms with Crippen LogP contribution in [0.2, 0.25) is 0 Å². The fraction of sp³-hybridized carbons (Fsp3) is 0.750. The Kier molecular flexibility index (Phi) is 4.93. The summed E-state index contributed by atoms with van der Waals surface area (Å²) in [5, 5.41) is 0. The monoisotopic (exact) mass is 358 g/mol. The van der Waals surface area contributed by atoms with Crippen molar-refractivity contribution in [2.24, 2.45) is 0 Å². The molecule has 0 saturated heterocycles. The van der Waals surface area contributed by atoms with E-state index >= 15 is 0 Å². The molecule has 22 heavy (non-hydrogen) atoms. The Hall–Kier alpha value is -1.50. The Labute approximate surface area is 112 Å². The summed E-state index contributed by atoms with van der Waals surface area (Å²) >= 11 is 0. The molecule has 0 bridgehead atoms. The number of halogens is 12. The number of hydrogen-bond acceptors (Lipinski definition) is 2. The molecule has 130 valence electrons. The van der Waals surface area contributed by atoms with Crippen molar-refractivity contribution >= 4 is 11.6 Å². The molecule has 0 rings (SSSR count). The zero-order chi connectivity index (χ0) is 18.4. The van der Waals surface area contributed by atoms with Gasteiger partial charge in [-0.1, -0.05) is 0 Å². The maximum absolute atomic E-state index is 12.6. The van der Waals surface area contributed by atoms with Crippen LogP contribution in [-0.2, 0) is 9.59 Å². The van der Waals surface area contributed by atoms with E-state index in [-0.39, 0.29) is 0 Å². The first kappa shape index (κ1) is 20.5. The van der Waals surface area contributed by atoms with Gasteiger partial charge in [0.2, 0.25) is 11.6 Å². The molecule has 0 radical (unpaired) electrons.